The van der Waals surface area contributed by atoms with Crippen molar-refractivity contribution in [2.75, 3.05) is 19.5 Å². The number of pyridine rings is 1. The van der Waals surface area contributed by atoms with E-state index in [1.165, 1.54) is 0 Å². The topological polar surface area (TPSA) is 65.4 Å². The van der Waals surface area contributed by atoms with E-state index in [1.54, 1.807) is 44.7 Å². The fourth-order valence-corrected chi connectivity index (χ4v) is 2.62. The molecule has 6 heteroatoms. The van der Waals surface area contributed by atoms with Crippen LogP contribution in [0.5, 0.6) is 11.5 Å². The van der Waals surface area contributed by atoms with Crippen LogP contribution in [0.4, 0.5) is 5.69 Å². The SMILES string of the molecule is COc1ccc(NC(=O)c2cccn2-c2cccnc2C)cc1OC. The number of rotatable bonds is 5. The van der Waals surface area contributed by atoms with Gasteiger partial charge in [0.05, 0.1) is 25.6 Å². The Kier molecular flexibility index (Phi) is 4.70. The van der Waals surface area contributed by atoms with E-state index in [1.807, 2.05) is 35.9 Å². The average molecular weight is 337 g/mol. The van der Waals surface area contributed by atoms with Crippen molar-refractivity contribution in [1.29, 1.82) is 0 Å². The summed E-state index contributed by atoms with van der Waals surface area (Å²) in [7, 11) is 3.12. The number of aromatic nitrogens is 2. The van der Waals surface area contributed by atoms with Gasteiger partial charge in [0.25, 0.3) is 5.91 Å². The first-order valence-corrected chi connectivity index (χ1v) is 7.76. The van der Waals surface area contributed by atoms with Crippen molar-refractivity contribution >= 4 is 11.6 Å². The third kappa shape index (κ3) is 3.33. The van der Waals surface area contributed by atoms with Crippen molar-refractivity contribution in [3.8, 4) is 17.2 Å². The van der Waals surface area contributed by atoms with Crippen molar-refractivity contribution in [3.05, 3.63) is 66.2 Å². The average Bonchev–Trinajstić information content (AvgIpc) is 3.11. The number of anilines is 1. The molecule has 0 fully saturated rings. The zero-order chi connectivity index (χ0) is 17.8. The number of carbonyl (C=O) groups is 1. The van der Waals surface area contributed by atoms with Crippen LogP contribution in [0.25, 0.3) is 5.69 Å². The van der Waals surface area contributed by atoms with Gasteiger partial charge in [-0.3, -0.25) is 9.78 Å². The summed E-state index contributed by atoms with van der Waals surface area (Å²) in [6.07, 6.45) is 3.57. The minimum Gasteiger partial charge on any atom is -0.493 e. The lowest BCUT2D eigenvalue weighted by molar-refractivity contribution is 0.102. The molecule has 1 amide bonds. The Labute approximate surface area is 146 Å². The molecule has 0 saturated heterocycles. The summed E-state index contributed by atoms with van der Waals surface area (Å²) in [5.74, 6) is 0.939. The molecule has 6 nitrogen and oxygen atoms in total. The zero-order valence-corrected chi connectivity index (χ0v) is 14.3. The van der Waals surface area contributed by atoms with Gasteiger partial charge in [0.15, 0.2) is 11.5 Å². The van der Waals surface area contributed by atoms with Crippen LogP contribution in [0, 0.1) is 6.92 Å². The van der Waals surface area contributed by atoms with Crippen LogP contribution in [0.1, 0.15) is 16.2 Å². The summed E-state index contributed by atoms with van der Waals surface area (Å²) in [6, 6.07) is 12.6. The van der Waals surface area contributed by atoms with Gasteiger partial charge < -0.3 is 19.4 Å². The molecular formula is C19H19N3O3. The highest BCUT2D eigenvalue weighted by Crippen LogP contribution is 2.30. The number of hydrogen-bond acceptors (Lipinski definition) is 4. The van der Waals surface area contributed by atoms with Crippen molar-refractivity contribution in [2.24, 2.45) is 0 Å². The van der Waals surface area contributed by atoms with E-state index in [0.717, 1.165) is 11.4 Å². The molecule has 2 heterocycles. The maximum absolute atomic E-state index is 12.7. The van der Waals surface area contributed by atoms with Crippen LogP contribution < -0.4 is 14.8 Å². The van der Waals surface area contributed by atoms with Crippen molar-refractivity contribution in [2.45, 2.75) is 6.92 Å². The molecule has 3 aromatic rings. The molecule has 0 spiro atoms. The molecule has 2 aromatic heterocycles. The second-order valence-electron chi connectivity index (χ2n) is 5.40. The summed E-state index contributed by atoms with van der Waals surface area (Å²) < 4.78 is 12.3. The van der Waals surface area contributed by atoms with Gasteiger partial charge in [0.2, 0.25) is 0 Å². The highest BCUT2D eigenvalue weighted by atomic mass is 16.5. The zero-order valence-electron chi connectivity index (χ0n) is 14.3. The Hall–Kier alpha value is -3.28. The molecule has 1 N–H and O–H groups in total. The fourth-order valence-electron chi connectivity index (χ4n) is 2.62. The van der Waals surface area contributed by atoms with Gasteiger partial charge in [-0.05, 0) is 43.3 Å². The Morgan fingerprint density at radius 3 is 2.60 bits per heavy atom. The van der Waals surface area contributed by atoms with Crippen molar-refractivity contribution in [3.63, 3.8) is 0 Å². The van der Waals surface area contributed by atoms with E-state index in [0.29, 0.717) is 22.9 Å². The molecular weight excluding hydrogens is 318 g/mol. The molecule has 0 aliphatic carbocycles. The minimum absolute atomic E-state index is 0.222. The lowest BCUT2D eigenvalue weighted by Gasteiger charge is -2.13. The predicted octanol–water partition coefficient (Wildman–Crippen LogP) is 3.45. The predicted molar refractivity (Wildman–Crippen MR) is 95.8 cm³/mol. The quantitative estimate of drug-likeness (QED) is 0.774. The molecule has 0 radical (unpaired) electrons. The van der Waals surface area contributed by atoms with E-state index >= 15 is 0 Å². The van der Waals surface area contributed by atoms with Crippen molar-refractivity contribution in [1.82, 2.24) is 9.55 Å². The van der Waals surface area contributed by atoms with Crippen LogP contribution in [0.2, 0.25) is 0 Å². The third-order valence-electron chi connectivity index (χ3n) is 3.86. The maximum atomic E-state index is 12.7. The largest absolute Gasteiger partial charge is 0.493 e. The normalized spacial score (nSPS) is 10.4. The number of nitrogens with zero attached hydrogens (tertiary/aromatic N) is 2. The van der Waals surface area contributed by atoms with E-state index in [9.17, 15) is 4.79 Å². The van der Waals surface area contributed by atoms with Crippen LogP contribution >= 0.6 is 0 Å². The van der Waals surface area contributed by atoms with E-state index in [-0.39, 0.29) is 5.91 Å². The lowest BCUT2D eigenvalue weighted by Crippen LogP contribution is -2.16. The summed E-state index contributed by atoms with van der Waals surface area (Å²) in [4.78, 5) is 17.0. The maximum Gasteiger partial charge on any atom is 0.272 e. The Balaban J connectivity index is 1.89. The smallest absolute Gasteiger partial charge is 0.272 e. The van der Waals surface area contributed by atoms with Gasteiger partial charge in [-0.1, -0.05) is 0 Å². The van der Waals surface area contributed by atoms with Crippen LogP contribution in [-0.4, -0.2) is 29.7 Å². The van der Waals surface area contributed by atoms with E-state index < -0.39 is 0 Å². The number of methoxy groups -OCH3 is 2. The molecule has 0 aliphatic heterocycles. The van der Waals surface area contributed by atoms with Gasteiger partial charge in [-0.25, -0.2) is 0 Å². The van der Waals surface area contributed by atoms with Gasteiger partial charge in [-0.2, -0.15) is 0 Å². The summed E-state index contributed by atoms with van der Waals surface area (Å²) in [5, 5.41) is 2.88. The molecule has 25 heavy (non-hydrogen) atoms. The van der Waals surface area contributed by atoms with Gasteiger partial charge in [0.1, 0.15) is 5.69 Å². The number of hydrogen-bond donors (Lipinski definition) is 1. The number of benzene rings is 1. The third-order valence-corrected chi connectivity index (χ3v) is 3.86. The van der Waals surface area contributed by atoms with Gasteiger partial charge in [-0.15, -0.1) is 0 Å². The molecule has 0 atom stereocenters. The summed E-state index contributed by atoms with van der Waals surface area (Å²) >= 11 is 0. The highest BCUT2D eigenvalue weighted by Gasteiger charge is 2.15. The minimum atomic E-state index is -0.222. The molecule has 1 aromatic carbocycles. The number of carbonyl (C=O) groups excluding carboxylic acids is 1. The number of nitrogens with one attached hydrogen (secondary N) is 1. The van der Waals surface area contributed by atoms with Gasteiger partial charge in [0, 0.05) is 24.1 Å². The Morgan fingerprint density at radius 2 is 1.88 bits per heavy atom. The fraction of sp³-hybridized carbons (Fsp3) is 0.158. The van der Waals surface area contributed by atoms with Crippen LogP contribution in [0.15, 0.2) is 54.9 Å². The molecule has 0 saturated carbocycles. The Bertz CT molecular complexity index is 902. The Morgan fingerprint density at radius 1 is 1.08 bits per heavy atom. The molecule has 128 valence electrons. The van der Waals surface area contributed by atoms with Gasteiger partial charge >= 0.3 is 0 Å². The van der Waals surface area contributed by atoms with E-state index in [2.05, 4.69) is 10.3 Å². The number of aryl methyl sites for hydroxylation is 1. The first kappa shape index (κ1) is 16.6. The lowest BCUT2D eigenvalue weighted by atomic mass is 10.2. The van der Waals surface area contributed by atoms with E-state index in [4.69, 9.17) is 9.47 Å². The number of amides is 1. The summed E-state index contributed by atoms with van der Waals surface area (Å²) in [6.45, 7) is 1.91. The molecule has 0 aliphatic rings. The van der Waals surface area contributed by atoms with Crippen LogP contribution in [0.3, 0.4) is 0 Å². The molecule has 0 unspecified atom stereocenters. The first-order valence-electron chi connectivity index (χ1n) is 7.76. The molecule has 0 bridgehead atoms. The highest BCUT2D eigenvalue weighted by molar-refractivity contribution is 6.03. The number of ether oxygens (including phenoxy) is 2. The summed E-state index contributed by atoms with van der Waals surface area (Å²) in [5.41, 5.74) is 2.85. The standard InChI is InChI=1S/C19H19N3O3/c1-13-15(6-4-10-20-13)22-11-5-7-16(22)19(23)21-14-8-9-17(24-2)18(12-14)25-3/h4-12H,1-3H3,(H,21,23). The molecule has 3 rings (SSSR count). The van der Waals surface area contributed by atoms with Crippen LogP contribution in [-0.2, 0) is 0 Å². The first-order chi connectivity index (χ1) is 12.1. The van der Waals surface area contributed by atoms with Crippen molar-refractivity contribution < 1.29 is 14.3 Å². The monoisotopic (exact) mass is 337 g/mol. The second kappa shape index (κ2) is 7.09. The second-order valence-corrected chi connectivity index (χ2v) is 5.40.